The van der Waals surface area contributed by atoms with Gasteiger partial charge < -0.3 is 14.6 Å². The van der Waals surface area contributed by atoms with Crippen molar-refractivity contribution in [2.75, 3.05) is 13.2 Å². The summed E-state index contributed by atoms with van der Waals surface area (Å²) in [6.45, 7) is 8.91. The number of benzene rings is 2. The van der Waals surface area contributed by atoms with Gasteiger partial charge in [-0.05, 0) is 54.3 Å². The predicted molar refractivity (Wildman–Crippen MR) is 122 cm³/mol. The molecule has 156 valence electrons. The molecule has 1 aliphatic heterocycles. The number of rotatable bonds is 6. The first-order valence-electron chi connectivity index (χ1n) is 10.5. The number of hydrogen-bond donors (Lipinski definition) is 1. The van der Waals surface area contributed by atoms with Gasteiger partial charge in [0.15, 0.2) is 0 Å². The summed E-state index contributed by atoms with van der Waals surface area (Å²) in [5, 5.41) is 1.87. The molecule has 30 heavy (non-hydrogen) atoms. The molecular weight excluding hydrogens is 396 g/mol. The van der Waals surface area contributed by atoms with Crippen LogP contribution >= 0.6 is 11.6 Å². The molecule has 0 saturated heterocycles. The molecule has 2 heterocycles. The molecule has 0 saturated carbocycles. The maximum atomic E-state index is 13.3. The first-order valence-corrected chi connectivity index (χ1v) is 10.9. The van der Waals surface area contributed by atoms with E-state index in [4.69, 9.17) is 16.3 Å². The molecule has 2 unspecified atom stereocenters. The van der Waals surface area contributed by atoms with E-state index in [1.165, 1.54) is 5.56 Å². The number of H-pyrrole nitrogens is 1. The molecule has 1 N–H and O–H groups in total. The van der Waals surface area contributed by atoms with Crippen molar-refractivity contribution < 1.29 is 9.53 Å². The van der Waals surface area contributed by atoms with Gasteiger partial charge in [0.2, 0.25) is 5.91 Å². The molecule has 0 radical (unpaired) electrons. The van der Waals surface area contributed by atoms with Gasteiger partial charge in [-0.15, -0.1) is 0 Å². The van der Waals surface area contributed by atoms with Crippen LogP contribution in [0.3, 0.4) is 0 Å². The van der Waals surface area contributed by atoms with E-state index in [-0.39, 0.29) is 17.9 Å². The monoisotopic (exact) mass is 422 g/mol. The van der Waals surface area contributed by atoms with E-state index in [1.807, 2.05) is 54.3 Å². The quantitative estimate of drug-likeness (QED) is 0.502. The molecular formula is C25H27ClN2O2. The Morgan fingerprint density at radius 2 is 2.10 bits per heavy atom. The van der Waals surface area contributed by atoms with Gasteiger partial charge in [-0.1, -0.05) is 50.2 Å². The van der Waals surface area contributed by atoms with Gasteiger partial charge in [-0.25, -0.2) is 0 Å². The van der Waals surface area contributed by atoms with Gasteiger partial charge >= 0.3 is 0 Å². The Bertz CT molecular complexity index is 1070. The maximum absolute atomic E-state index is 13.3. The number of nitrogens with zero attached hydrogens (tertiary/aromatic N) is 1. The van der Waals surface area contributed by atoms with E-state index in [0.29, 0.717) is 13.2 Å². The first-order chi connectivity index (χ1) is 14.5. The largest absolute Gasteiger partial charge is 0.490 e. The average molecular weight is 423 g/mol. The second-order valence-corrected chi connectivity index (χ2v) is 8.31. The number of carbonyl (C=O) groups excluding carboxylic acids is 1. The predicted octanol–water partition coefficient (Wildman–Crippen LogP) is 5.91. The number of aromatic nitrogens is 1. The van der Waals surface area contributed by atoms with Crippen molar-refractivity contribution in [3.05, 3.63) is 77.0 Å². The van der Waals surface area contributed by atoms with Gasteiger partial charge in [-0.3, -0.25) is 4.79 Å². The minimum Gasteiger partial charge on any atom is -0.490 e. The van der Waals surface area contributed by atoms with E-state index >= 15 is 0 Å². The Labute approximate surface area is 182 Å². The maximum Gasteiger partial charge on any atom is 0.226 e. The molecule has 4 rings (SSSR count). The second-order valence-electron chi connectivity index (χ2n) is 7.87. The topological polar surface area (TPSA) is 45.3 Å². The lowest BCUT2D eigenvalue weighted by molar-refractivity contribution is -0.137. The van der Waals surface area contributed by atoms with E-state index in [0.717, 1.165) is 45.8 Å². The highest BCUT2D eigenvalue weighted by molar-refractivity contribution is 6.31. The smallest absolute Gasteiger partial charge is 0.226 e. The zero-order chi connectivity index (χ0) is 21.3. The van der Waals surface area contributed by atoms with Crippen LogP contribution in [0.2, 0.25) is 5.02 Å². The van der Waals surface area contributed by atoms with Crippen molar-refractivity contribution in [3.63, 3.8) is 0 Å². The molecule has 1 amide bonds. The molecule has 5 heteroatoms. The zero-order valence-electron chi connectivity index (χ0n) is 17.5. The summed E-state index contributed by atoms with van der Waals surface area (Å²) in [6.07, 6.45) is 3.36. The van der Waals surface area contributed by atoms with Gasteiger partial charge in [0, 0.05) is 34.1 Å². The van der Waals surface area contributed by atoms with Crippen LogP contribution in [0.15, 0.2) is 55.1 Å². The molecule has 0 aliphatic carbocycles. The van der Waals surface area contributed by atoms with Crippen molar-refractivity contribution in [3.8, 4) is 5.75 Å². The molecule has 0 bridgehead atoms. The normalized spacial score (nSPS) is 16.9. The number of ether oxygens (including phenoxy) is 1. The minimum absolute atomic E-state index is 0.0110. The lowest BCUT2D eigenvalue weighted by Gasteiger charge is -2.37. The molecule has 1 aromatic heterocycles. The average Bonchev–Trinajstić information content (AvgIpc) is 3.14. The van der Waals surface area contributed by atoms with Crippen LogP contribution in [0.5, 0.6) is 5.75 Å². The van der Waals surface area contributed by atoms with Crippen LogP contribution in [0, 0.1) is 5.92 Å². The molecule has 4 nitrogen and oxygen atoms in total. The number of aromatic amines is 1. The molecule has 1 aliphatic rings. The van der Waals surface area contributed by atoms with E-state index < -0.39 is 0 Å². The van der Waals surface area contributed by atoms with Crippen molar-refractivity contribution in [1.29, 1.82) is 0 Å². The third kappa shape index (κ3) is 3.72. The number of carbonyl (C=O) groups is 1. The fourth-order valence-corrected chi connectivity index (χ4v) is 4.38. The number of halogens is 1. The highest BCUT2D eigenvalue weighted by Crippen LogP contribution is 2.40. The number of hydrogen-bond acceptors (Lipinski definition) is 2. The fourth-order valence-electron chi connectivity index (χ4n) is 4.20. The highest BCUT2D eigenvalue weighted by atomic mass is 35.5. The van der Waals surface area contributed by atoms with Crippen LogP contribution in [0.25, 0.3) is 10.9 Å². The number of amides is 1. The Hall–Kier alpha value is -2.72. The van der Waals surface area contributed by atoms with Gasteiger partial charge in [0.1, 0.15) is 12.4 Å². The van der Waals surface area contributed by atoms with E-state index in [2.05, 4.69) is 18.5 Å². The zero-order valence-corrected chi connectivity index (χ0v) is 18.2. The van der Waals surface area contributed by atoms with Gasteiger partial charge in [-0.2, -0.15) is 0 Å². The number of fused-ring (bicyclic) bond motifs is 3. The summed E-state index contributed by atoms with van der Waals surface area (Å²) in [7, 11) is 0. The molecule has 2 atom stereocenters. The summed E-state index contributed by atoms with van der Waals surface area (Å²) in [4.78, 5) is 18.9. The standard InChI is InChI=1S/C25H27ClN2O2/c1-4-14-30-19-9-6-17(7-10-19)24-23-20(12-13-28(24)25(29)16(3)5-2)21-15-18(26)8-11-22(21)27-23/h4,6-11,15-16,24,27H,1,5,12-14H2,2-3H3. The van der Waals surface area contributed by atoms with Gasteiger partial charge in [0.05, 0.1) is 6.04 Å². The van der Waals surface area contributed by atoms with E-state index in [1.54, 1.807) is 6.08 Å². The summed E-state index contributed by atoms with van der Waals surface area (Å²) in [5.74, 6) is 0.970. The van der Waals surface area contributed by atoms with Crippen LogP contribution in [-0.4, -0.2) is 28.9 Å². The highest BCUT2D eigenvalue weighted by Gasteiger charge is 2.35. The van der Waals surface area contributed by atoms with Crippen molar-refractivity contribution in [2.45, 2.75) is 32.7 Å². The van der Waals surface area contributed by atoms with Crippen LogP contribution in [-0.2, 0) is 11.2 Å². The lowest BCUT2D eigenvalue weighted by atomic mass is 9.91. The lowest BCUT2D eigenvalue weighted by Crippen LogP contribution is -2.43. The summed E-state index contributed by atoms with van der Waals surface area (Å²) in [6, 6.07) is 13.8. The Morgan fingerprint density at radius 3 is 2.80 bits per heavy atom. The van der Waals surface area contributed by atoms with Crippen LogP contribution < -0.4 is 4.74 Å². The van der Waals surface area contributed by atoms with Gasteiger partial charge in [0.25, 0.3) is 0 Å². The minimum atomic E-state index is -0.158. The van der Waals surface area contributed by atoms with E-state index in [9.17, 15) is 4.79 Å². The first kappa shape index (κ1) is 20.5. The summed E-state index contributed by atoms with van der Waals surface area (Å²) < 4.78 is 5.64. The number of nitrogens with one attached hydrogen (secondary N) is 1. The SMILES string of the molecule is C=CCOc1ccc(C2c3[nH]c4ccc(Cl)cc4c3CCN2C(=O)C(C)CC)cc1. The summed E-state index contributed by atoms with van der Waals surface area (Å²) in [5.41, 5.74) is 4.45. The van der Waals surface area contributed by atoms with Crippen molar-refractivity contribution in [1.82, 2.24) is 9.88 Å². The van der Waals surface area contributed by atoms with Crippen LogP contribution in [0.1, 0.15) is 43.1 Å². The third-order valence-electron chi connectivity index (χ3n) is 5.97. The Kier molecular flexibility index (Phi) is 5.87. The molecule has 2 aromatic carbocycles. The Morgan fingerprint density at radius 1 is 1.33 bits per heavy atom. The molecule has 3 aromatic rings. The molecule has 0 fully saturated rings. The second kappa shape index (κ2) is 8.57. The summed E-state index contributed by atoms with van der Waals surface area (Å²) >= 11 is 6.27. The van der Waals surface area contributed by atoms with Crippen LogP contribution in [0.4, 0.5) is 0 Å². The fraction of sp³-hybridized carbons (Fsp3) is 0.320. The third-order valence-corrected chi connectivity index (χ3v) is 6.20. The van der Waals surface area contributed by atoms with Crippen molar-refractivity contribution in [2.24, 2.45) is 5.92 Å². The van der Waals surface area contributed by atoms with Crippen molar-refractivity contribution >= 4 is 28.4 Å². The molecule has 0 spiro atoms. The Balaban J connectivity index is 1.80.